The van der Waals surface area contributed by atoms with Gasteiger partial charge in [-0.2, -0.15) is 0 Å². The van der Waals surface area contributed by atoms with Gasteiger partial charge in [0.25, 0.3) is 0 Å². The first-order chi connectivity index (χ1) is 9.62. The van der Waals surface area contributed by atoms with Crippen LogP contribution >= 0.6 is 15.9 Å². The van der Waals surface area contributed by atoms with E-state index < -0.39 is 0 Å². The van der Waals surface area contributed by atoms with Crippen LogP contribution in [0.3, 0.4) is 0 Å². The smallest absolute Gasteiger partial charge is 0.175 e. The third-order valence-electron chi connectivity index (χ3n) is 4.46. The van der Waals surface area contributed by atoms with E-state index in [4.69, 9.17) is 15.2 Å². The highest BCUT2D eigenvalue weighted by Crippen LogP contribution is 2.44. The van der Waals surface area contributed by atoms with E-state index in [1.807, 2.05) is 0 Å². The SMILES string of the molecule is COc1cc(C2(N)CCCC2)cc(Br)c1OCC1CC1. The molecule has 0 amide bonds. The number of benzene rings is 1. The molecule has 0 unspecified atom stereocenters. The maximum Gasteiger partial charge on any atom is 0.175 e. The quantitative estimate of drug-likeness (QED) is 0.882. The molecule has 2 aliphatic carbocycles. The summed E-state index contributed by atoms with van der Waals surface area (Å²) in [4.78, 5) is 0. The lowest BCUT2D eigenvalue weighted by Crippen LogP contribution is -2.33. The van der Waals surface area contributed by atoms with E-state index in [9.17, 15) is 0 Å². The average molecular weight is 340 g/mol. The molecule has 110 valence electrons. The fourth-order valence-electron chi connectivity index (χ4n) is 2.93. The van der Waals surface area contributed by atoms with Crippen molar-refractivity contribution in [3.63, 3.8) is 0 Å². The van der Waals surface area contributed by atoms with Crippen LogP contribution in [0.1, 0.15) is 44.1 Å². The Kier molecular flexibility index (Phi) is 3.95. The van der Waals surface area contributed by atoms with E-state index in [0.717, 1.165) is 46.9 Å². The highest BCUT2D eigenvalue weighted by molar-refractivity contribution is 9.10. The van der Waals surface area contributed by atoms with Gasteiger partial charge in [-0.25, -0.2) is 0 Å². The van der Waals surface area contributed by atoms with E-state index in [1.54, 1.807) is 7.11 Å². The molecule has 0 aliphatic heterocycles. The van der Waals surface area contributed by atoms with Gasteiger partial charge in [0.1, 0.15) is 0 Å². The van der Waals surface area contributed by atoms with Gasteiger partial charge in [0.15, 0.2) is 11.5 Å². The molecule has 1 aromatic carbocycles. The van der Waals surface area contributed by atoms with Crippen molar-refractivity contribution in [3.8, 4) is 11.5 Å². The molecule has 2 fully saturated rings. The molecule has 0 spiro atoms. The Balaban J connectivity index is 1.87. The van der Waals surface area contributed by atoms with Crippen LogP contribution in [0.15, 0.2) is 16.6 Å². The van der Waals surface area contributed by atoms with Crippen molar-refractivity contribution in [1.29, 1.82) is 0 Å². The molecule has 2 saturated carbocycles. The first-order valence-corrected chi connectivity index (χ1v) is 8.21. The van der Waals surface area contributed by atoms with Crippen LogP contribution in [-0.2, 0) is 5.54 Å². The Labute approximate surface area is 129 Å². The predicted molar refractivity (Wildman–Crippen MR) is 83.2 cm³/mol. The summed E-state index contributed by atoms with van der Waals surface area (Å²) in [7, 11) is 1.69. The molecule has 3 nitrogen and oxygen atoms in total. The molecule has 2 aliphatic rings. The monoisotopic (exact) mass is 339 g/mol. The standard InChI is InChI=1S/C16H22BrNO2/c1-19-14-9-12(16(18)6-2-3-7-16)8-13(17)15(14)20-10-11-4-5-11/h8-9,11H,2-7,10,18H2,1H3. The molecule has 0 bridgehead atoms. The van der Waals surface area contributed by atoms with Crippen LogP contribution in [0.5, 0.6) is 11.5 Å². The minimum atomic E-state index is -0.204. The minimum Gasteiger partial charge on any atom is -0.493 e. The van der Waals surface area contributed by atoms with E-state index in [2.05, 4.69) is 28.1 Å². The van der Waals surface area contributed by atoms with E-state index in [0.29, 0.717) is 0 Å². The van der Waals surface area contributed by atoms with Gasteiger partial charge in [-0.1, -0.05) is 12.8 Å². The summed E-state index contributed by atoms with van der Waals surface area (Å²) in [6.07, 6.45) is 7.07. The zero-order valence-corrected chi connectivity index (χ0v) is 13.5. The summed E-state index contributed by atoms with van der Waals surface area (Å²) in [5, 5.41) is 0. The zero-order chi connectivity index (χ0) is 14.2. The van der Waals surface area contributed by atoms with Gasteiger partial charge >= 0.3 is 0 Å². The molecule has 0 saturated heterocycles. The van der Waals surface area contributed by atoms with Gasteiger partial charge in [-0.3, -0.25) is 0 Å². The Morgan fingerprint density at radius 2 is 2.00 bits per heavy atom. The van der Waals surface area contributed by atoms with Crippen LogP contribution in [-0.4, -0.2) is 13.7 Å². The van der Waals surface area contributed by atoms with Crippen molar-refractivity contribution >= 4 is 15.9 Å². The molecule has 2 N–H and O–H groups in total. The van der Waals surface area contributed by atoms with Crippen molar-refractivity contribution in [2.75, 3.05) is 13.7 Å². The molecule has 0 heterocycles. The Morgan fingerprint density at radius 3 is 2.60 bits per heavy atom. The van der Waals surface area contributed by atoms with Crippen molar-refractivity contribution in [2.45, 2.75) is 44.1 Å². The minimum absolute atomic E-state index is 0.204. The van der Waals surface area contributed by atoms with Gasteiger partial charge in [-0.05, 0) is 65.2 Å². The predicted octanol–water partition coefficient (Wildman–Crippen LogP) is 3.97. The van der Waals surface area contributed by atoms with E-state index >= 15 is 0 Å². The molecule has 0 aromatic heterocycles. The summed E-state index contributed by atoms with van der Waals surface area (Å²) in [6, 6.07) is 4.16. The second-order valence-electron chi connectivity index (χ2n) is 6.11. The number of methoxy groups -OCH3 is 1. The maximum atomic E-state index is 6.54. The van der Waals surface area contributed by atoms with Gasteiger partial charge in [0.05, 0.1) is 18.2 Å². The Hall–Kier alpha value is -0.740. The highest BCUT2D eigenvalue weighted by Gasteiger charge is 2.33. The lowest BCUT2D eigenvalue weighted by Gasteiger charge is -2.26. The summed E-state index contributed by atoms with van der Waals surface area (Å²) >= 11 is 3.62. The summed E-state index contributed by atoms with van der Waals surface area (Å²) in [5.41, 5.74) is 7.48. The first-order valence-electron chi connectivity index (χ1n) is 7.42. The molecule has 0 atom stereocenters. The molecule has 20 heavy (non-hydrogen) atoms. The lowest BCUT2D eigenvalue weighted by molar-refractivity contribution is 0.278. The van der Waals surface area contributed by atoms with Crippen LogP contribution in [0.4, 0.5) is 0 Å². The second-order valence-corrected chi connectivity index (χ2v) is 6.96. The number of rotatable bonds is 5. The number of ether oxygens (including phenoxy) is 2. The van der Waals surface area contributed by atoms with Crippen LogP contribution in [0.2, 0.25) is 0 Å². The Morgan fingerprint density at radius 1 is 1.30 bits per heavy atom. The van der Waals surface area contributed by atoms with Crippen molar-refractivity contribution in [2.24, 2.45) is 11.7 Å². The Bertz CT molecular complexity index is 493. The van der Waals surface area contributed by atoms with Crippen LogP contribution < -0.4 is 15.2 Å². The lowest BCUT2D eigenvalue weighted by atomic mass is 9.89. The number of halogens is 1. The maximum absolute atomic E-state index is 6.54. The zero-order valence-electron chi connectivity index (χ0n) is 12.0. The fraction of sp³-hybridized carbons (Fsp3) is 0.625. The van der Waals surface area contributed by atoms with Crippen LogP contribution in [0.25, 0.3) is 0 Å². The van der Waals surface area contributed by atoms with Gasteiger partial charge < -0.3 is 15.2 Å². The second kappa shape index (κ2) is 5.57. The van der Waals surface area contributed by atoms with Gasteiger partial charge in [0, 0.05) is 5.54 Å². The molecule has 0 radical (unpaired) electrons. The van der Waals surface area contributed by atoms with Gasteiger partial charge in [-0.15, -0.1) is 0 Å². The number of nitrogens with two attached hydrogens (primary N) is 1. The average Bonchev–Trinajstić information content (AvgIpc) is 3.16. The third-order valence-corrected chi connectivity index (χ3v) is 5.05. The number of hydrogen-bond donors (Lipinski definition) is 1. The third kappa shape index (κ3) is 2.82. The van der Waals surface area contributed by atoms with Crippen LogP contribution in [0, 0.1) is 5.92 Å². The molecule has 4 heteroatoms. The summed E-state index contributed by atoms with van der Waals surface area (Å²) in [5.74, 6) is 2.32. The fourth-order valence-corrected chi connectivity index (χ4v) is 3.48. The van der Waals surface area contributed by atoms with E-state index in [-0.39, 0.29) is 5.54 Å². The van der Waals surface area contributed by atoms with E-state index in [1.165, 1.54) is 25.7 Å². The summed E-state index contributed by atoms with van der Waals surface area (Å²) < 4.78 is 12.4. The molecular weight excluding hydrogens is 318 g/mol. The van der Waals surface area contributed by atoms with Crippen molar-refractivity contribution in [3.05, 3.63) is 22.2 Å². The first kappa shape index (κ1) is 14.2. The largest absolute Gasteiger partial charge is 0.493 e. The highest BCUT2D eigenvalue weighted by atomic mass is 79.9. The normalized spacial score (nSPS) is 20.9. The van der Waals surface area contributed by atoms with Crippen molar-refractivity contribution < 1.29 is 9.47 Å². The summed E-state index contributed by atoms with van der Waals surface area (Å²) in [6.45, 7) is 0.780. The molecular formula is C16H22BrNO2. The molecule has 3 rings (SSSR count). The van der Waals surface area contributed by atoms with Crippen molar-refractivity contribution in [1.82, 2.24) is 0 Å². The molecule has 1 aromatic rings. The topological polar surface area (TPSA) is 44.5 Å². The number of hydrogen-bond acceptors (Lipinski definition) is 3. The van der Waals surface area contributed by atoms with Gasteiger partial charge in [0.2, 0.25) is 0 Å².